The largest absolute Gasteiger partial charge is 0.453 e. The van der Waals surface area contributed by atoms with Gasteiger partial charge in [0.1, 0.15) is 17.1 Å². The Hall–Kier alpha value is -3.77. The van der Waals surface area contributed by atoms with Gasteiger partial charge in [-0.05, 0) is 105 Å². The molecule has 1 atom stereocenters. The first-order valence-electron chi connectivity index (χ1n) is 15.8. The van der Waals surface area contributed by atoms with E-state index in [1.54, 1.807) is 0 Å². The van der Waals surface area contributed by atoms with Gasteiger partial charge in [0.25, 0.3) is 0 Å². The Morgan fingerprint density at radius 3 is 2.18 bits per heavy atom. The molecule has 44 heavy (non-hydrogen) atoms. The van der Waals surface area contributed by atoms with Crippen LogP contribution in [0.25, 0.3) is 22.6 Å². The number of hydrogen-bond acceptors (Lipinski definition) is 3. The summed E-state index contributed by atoms with van der Waals surface area (Å²) in [5.41, 5.74) is 5.90. The minimum absolute atomic E-state index is 0.795. The highest BCUT2D eigenvalue weighted by molar-refractivity contribution is 7.80. The van der Waals surface area contributed by atoms with E-state index < -0.39 is 16.2 Å². The smallest absolute Gasteiger partial charge is 0.390 e. The van der Waals surface area contributed by atoms with Crippen molar-refractivity contribution in [2.45, 2.75) is 57.8 Å². The van der Waals surface area contributed by atoms with Crippen molar-refractivity contribution in [3.05, 3.63) is 132 Å². The highest BCUT2D eigenvalue weighted by Crippen LogP contribution is 2.44. The van der Waals surface area contributed by atoms with Crippen molar-refractivity contribution < 1.29 is 12.9 Å². The van der Waals surface area contributed by atoms with Gasteiger partial charge >= 0.3 is 8.24 Å². The zero-order valence-electron chi connectivity index (χ0n) is 25.1. The molecule has 0 saturated carbocycles. The predicted octanol–water partition coefficient (Wildman–Crippen LogP) is 10.6. The highest BCUT2D eigenvalue weighted by atomic mass is 31.1. The molecule has 0 saturated heterocycles. The molecular formula is C39H38O3P2. The average Bonchev–Trinajstić information content (AvgIpc) is 3.22. The Labute approximate surface area is 262 Å². The fourth-order valence-corrected chi connectivity index (χ4v) is 9.98. The molecule has 7 rings (SSSR count). The molecule has 2 aliphatic rings. The molecule has 3 nitrogen and oxygen atoms in total. The van der Waals surface area contributed by atoms with Crippen molar-refractivity contribution in [3.63, 3.8) is 0 Å². The summed E-state index contributed by atoms with van der Waals surface area (Å²) in [5, 5.41) is 4.86. The maximum Gasteiger partial charge on any atom is 0.453 e. The van der Waals surface area contributed by atoms with Crippen LogP contribution in [0.15, 0.2) is 118 Å². The van der Waals surface area contributed by atoms with E-state index >= 15 is 0 Å². The molecule has 0 amide bonds. The van der Waals surface area contributed by atoms with E-state index in [1.165, 1.54) is 52.8 Å². The van der Waals surface area contributed by atoms with E-state index in [-0.39, 0.29) is 0 Å². The average molecular weight is 617 g/mol. The van der Waals surface area contributed by atoms with E-state index in [0.717, 1.165) is 65.6 Å². The molecule has 1 unspecified atom stereocenters. The lowest BCUT2D eigenvalue weighted by Gasteiger charge is -2.21. The molecule has 0 bridgehead atoms. The third-order valence-corrected chi connectivity index (χ3v) is 12.1. The van der Waals surface area contributed by atoms with E-state index in [2.05, 4.69) is 110 Å². The van der Waals surface area contributed by atoms with Crippen LogP contribution in [0, 0.1) is 0 Å². The minimum Gasteiger partial charge on any atom is -0.390 e. The second-order valence-corrected chi connectivity index (χ2v) is 14.8. The van der Waals surface area contributed by atoms with Crippen LogP contribution in [0.3, 0.4) is 0 Å². The minimum atomic E-state index is -1.79. The summed E-state index contributed by atoms with van der Waals surface area (Å²) in [4.78, 5) is 0. The number of allylic oxidation sites excluding steroid dienone is 2. The van der Waals surface area contributed by atoms with Gasteiger partial charge in [-0.2, -0.15) is 0 Å². The SMILES string of the molecule is C=C1CCCCC/C=C\c2op(Oc3ccccc3P(c3ccccc3)c3ccccc3)oc3ccc4c(c3c21)CCCC4. The number of para-hydroxylation sites is 1. The molecule has 4 aromatic carbocycles. The van der Waals surface area contributed by atoms with Crippen LogP contribution in [0.1, 0.15) is 67.4 Å². The maximum absolute atomic E-state index is 6.84. The van der Waals surface area contributed by atoms with Gasteiger partial charge in [0.15, 0.2) is 0 Å². The van der Waals surface area contributed by atoms with E-state index in [9.17, 15) is 0 Å². The van der Waals surface area contributed by atoms with Crippen molar-refractivity contribution in [3.8, 4) is 5.75 Å². The maximum atomic E-state index is 6.84. The number of rotatable bonds is 5. The van der Waals surface area contributed by atoms with Gasteiger partial charge in [-0.1, -0.05) is 104 Å². The van der Waals surface area contributed by atoms with Gasteiger partial charge in [0, 0.05) is 16.3 Å². The van der Waals surface area contributed by atoms with Crippen LogP contribution < -0.4 is 20.4 Å². The first-order valence-corrected chi connectivity index (χ1v) is 18.3. The van der Waals surface area contributed by atoms with Crippen molar-refractivity contribution in [1.82, 2.24) is 0 Å². The summed E-state index contributed by atoms with van der Waals surface area (Å²) in [6.07, 6.45) is 14.5. The van der Waals surface area contributed by atoms with Crippen molar-refractivity contribution in [1.29, 1.82) is 0 Å². The summed E-state index contributed by atoms with van der Waals surface area (Å²) < 4.78 is 20.4. The van der Waals surface area contributed by atoms with Crippen LogP contribution in [0.4, 0.5) is 0 Å². The zero-order valence-corrected chi connectivity index (χ0v) is 26.9. The molecule has 1 heterocycles. The van der Waals surface area contributed by atoms with Crippen LogP contribution >= 0.6 is 16.2 Å². The Balaban J connectivity index is 1.42. The fourth-order valence-electron chi connectivity index (χ4n) is 6.48. The first kappa shape index (κ1) is 29.0. The highest BCUT2D eigenvalue weighted by Gasteiger charge is 2.24. The standard InChI is InChI=1S/C39H38O3P2/c1-29-17-7-3-2-4-12-25-35-38(29)39-33-23-14-13-18-30(33)27-28-36(39)42-44(41-35)40-34-24-15-16-26-37(34)43(31-19-8-5-9-20-31)32-21-10-6-11-22-32/h5-6,8-12,15-16,19-22,24-28H,1-4,7,13-14,17-18,23H2/b25-12-. The lowest BCUT2D eigenvalue weighted by Crippen LogP contribution is -2.21. The number of benzene rings is 4. The Morgan fingerprint density at radius 1 is 0.682 bits per heavy atom. The molecular weight excluding hydrogens is 578 g/mol. The van der Waals surface area contributed by atoms with E-state index in [1.807, 2.05) is 6.07 Å². The van der Waals surface area contributed by atoms with Crippen LogP contribution in [-0.2, 0) is 12.8 Å². The number of aryl methyl sites for hydroxylation is 2. The van der Waals surface area contributed by atoms with Crippen molar-refractivity contribution in [2.75, 3.05) is 0 Å². The van der Waals surface area contributed by atoms with Gasteiger partial charge in [-0.3, -0.25) is 0 Å². The normalized spacial score (nSPS) is 16.2. The van der Waals surface area contributed by atoms with Crippen LogP contribution in [-0.4, -0.2) is 0 Å². The van der Waals surface area contributed by atoms with Gasteiger partial charge in [-0.25, -0.2) is 0 Å². The lowest BCUT2D eigenvalue weighted by molar-refractivity contribution is 0.483. The van der Waals surface area contributed by atoms with Gasteiger partial charge < -0.3 is 12.9 Å². The second kappa shape index (κ2) is 13.5. The molecule has 0 radical (unpaired) electrons. The summed E-state index contributed by atoms with van der Waals surface area (Å²) >= 11 is 0. The fraction of sp³-hybridized carbons (Fsp3) is 0.231. The Bertz CT molecular complexity index is 1800. The molecule has 5 heteroatoms. The number of hydrogen-bond donors (Lipinski definition) is 0. The molecule has 2 aliphatic carbocycles. The monoisotopic (exact) mass is 616 g/mol. The third kappa shape index (κ3) is 6.10. The summed E-state index contributed by atoms with van der Waals surface area (Å²) in [6, 6.07) is 34.2. The molecule has 0 aliphatic heterocycles. The molecule has 0 fully saturated rings. The number of fused-ring (bicyclic) bond motifs is 5. The second-order valence-electron chi connectivity index (χ2n) is 11.6. The third-order valence-electron chi connectivity index (χ3n) is 8.62. The predicted molar refractivity (Wildman–Crippen MR) is 188 cm³/mol. The van der Waals surface area contributed by atoms with Crippen LogP contribution in [0.2, 0.25) is 0 Å². The molecule has 222 valence electrons. The van der Waals surface area contributed by atoms with E-state index in [4.69, 9.17) is 12.9 Å². The van der Waals surface area contributed by atoms with Gasteiger partial charge in [-0.15, -0.1) is 0 Å². The molecule has 5 aromatic rings. The van der Waals surface area contributed by atoms with Crippen LogP contribution in [0.5, 0.6) is 5.75 Å². The zero-order chi connectivity index (χ0) is 29.7. The van der Waals surface area contributed by atoms with E-state index in [0.29, 0.717) is 0 Å². The topological polar surface area (TPSA) is 35.5 Å². The Morgan fingerprint density at radius 2 is 1.39 bits per heavy atom. The van der Waals surface area contributed by atoms with Gasteiger partial charge in [0.2, 0.25) is 0 Å². The molecule has 1 aromatic heterocycles. The van der Waals surface area contributed by atoms with Gasteiger partial charge in [0.05, 0.1) is 0 Å². The molecule has 0 N–H and O–H groups in total. The van der Waals surface area contributed by atoms with Crippen molar-refractivity contribution in [2.24, 2.45) is 0 Å². The lowest BCUT2D eigenvalue weighted by atomic mass is 9.85. The Kier molecular flexibility index (Phi) is 8.87. The van der Waals surface area contributed by atoms with Crippen molar-refractivity contribution >= 4 is 54.7 Å². The summed E-state index contributed by atoms with van der Waals surface area (Å²) in [6.45, 7) is 4.62. The first-order chi connectivity index (χ1) is 21.8. The molecule has 0 spiro atoms. The summed E-state index contributed by atoms with van der Waals surface area (Å²) in [5.74, 6) is 1.62. The quantitative estimate of drug-likeness (QED) is 0.184. The summed E-state index contributed by atoms with van der Waals surface area (Å²) in [7, 11) is -2.65.